The van der Waals surface area contributed by atoms with E-state index in [0.29, 0.717) is 0 Å². The van der Waals surface area contributed by atoms with Gasteiger partial charge in [0.25, 0.3) is 0 Å². The second kappa shape index (κ2) is 5.38. The third-order valence-electron chi connectivity index (χ3n) is 3.44. The first-order chi connectivity index (χ1) is 8.65. The number of hydrogen-bond acceptors (Lipinski definition) is 2. The number of rotatable bonds is 5. The lowest BCUT2D eigenvalue weighted by atomic mass is 9.93. The Morgan fingerprint density at radius 3 is 2.44 bits per heavy atom. The Morgan fingerprint density at radius 1 is 1.17 bits per heavy atom. The number of benzene rings is 1. The molecule has 1 unspecified atom stereocenters. The first kappa shape index (κ1) is 12.9. The average Bonchev–Trinajstić information content (AvgIpc) is 2.83. The molecule has 2 aromatic rings. The average molecular weight is 244 g/mol. The standard InChI is InChI=1S/C15H20N2O/c1-15(12-18,13-7-4-3-5-8-13)16-11-14-9-6-10-17(14)2/h3-10,16,18H,11-12H2,1-2H3. The molecule has 0 saturated carbocycles. The fourth-order valence-corrected chi connectivity index (χ4v) is 2.02. The molecule has 2 N–H and O–H groups in total. The van der Waals surface area contributed by atoms with E-state index >= 15 is 0 Å². The van der Waals surface area contributed by atoms with Gasteiger partial charge in [0.1, 0.15) is 0 Å². The van der Waals surface area contributed by atoms with Crippen molar-refractivity contribution in [1.82, 2.24) is 9.88 Å². The zero-order chi connectivity index (χ0) is 13.0. The van der Waals surface area contributed by atoms with Crippen LogP contribution in [-0.4, -0.2) is 16.3 Å². The molecule has 18 heavy (non-hydrogen) atoms. The fourth-order valence-electron chi connectivity index (χ4n) is 2.02. The Balaban J connectivity index is 2.12. The minimum absolute atomic E-state index is 0.0709. The number of aromatic nitrogens is 1. The highest BCUT2D eigenvalue weighted by Gasteiger charge is 2.24. The van der Waals surface area contributed by atoms with Crippen molar-refractivity contribution in [3.63, 3.8) is 0 Å². The molecular formula is C15H20N2O. The second-order valence-electron chi connectivity index (χ2n) is 4.82. The Hall–Kier alpha value is -1.58. The Bertz CT molecular complexity index is 492. The van der Waals surface area contributed by atoms with Gasteiger partial charge in [-0.1, -0.05) is 30.3 Å². The molecule has 1 atom stereocenters. The normalized spacial score (nSPS) is 14.4. The zero-order valence-corrected chi connectivity index (χ0v) is 10.9. The first-order valence-corrected chi connectivity index (χ1v) is 6.17. The van der Waals surface area contributed by atoms with E-state index in [1.165, 1.54) is 5.69 Å². The molecule has 3 nitrogen and oxygen atoms in total. The molecule has 0 aliphatic rings. The van der Waals surface area contributed by atoms with Crippen molar-refractivity contribution in [2.24, 2.45) is 7.05 Å². The fraction of sp³-hybridized carbons (Fsp3) is 0.333. The third-order valence-corrected chi connectivity index (χ3v) is 3.44. The van der Waals surface area contributed by atoms with E-state index in [4.69, 9.17) is 0 Å². The minimum atomic E-state index is -0.411. The van der Waals surface area contributed by atoms with Gasteiger partial charge in [0.15, 0.2) is 0 Å². The lowest BCUT2D eigenvalue weighted by Gasteiger charge is -2.29. The van der Waals surface area contributed by atoms with Gasteiger partial charge in [-0.2, -0.15) is 0 Å². The van der Waals surface area contributed by atoms with Crippen LogP contribution < -0.4 is 5.32 Å². The maximum absolute atomic E-state index is 9.67. The van der Waals surface area contributed by atoms with Crippen molar-refractivity contribution in [2.45, 2.75) is 19.0 Å². The molecule has 96 valence electrons. The van der Waals surface area contributed by atoms with E-state index in [2.05, 4.69) is 16.0 Å². The molecule has 3 heteroatoms. The molecular weight excluding hydrogens is 224 g/mol. The van der Waals surface area contributed by atoms with E-state index in [1.807, 2.05) is 56.6 Å². The Morgan fingerprint density at radius 2 is 1.89 bits per heavy atom. The Labute approximate surface area is 108 Å². The zero-order valence-electron chi connectivity index (χ0n) is 10.9. The van der Waals surface area contributed by atoms with Gasteiger partial charge in [0, 0.05) is 25.5 Å². The van der Waals surface area contributed by atoms with E-state index in [0.717, 1.165) is 12.1 Å². The molecule has 1 aromatic heterocycles. The molecule has 0 amide bonds. The van der Waals surface area contributed by atoms with Crippen LogP contribution in [0.1, 0.15) is 18.2 Å². The maximum Gasteiger partial charge on any atom is 0.0652 e. The van der Waals surface area contributed by atoms with E-state index in [9.17, 15) is 5.11 Å². The van der Waals surface area contributed by atoms with Crippen molar-refractivity contribution >= 4 is 0 Å². The topological polar surface area (TPSA) is 37.2 Å². The van der Waals surface area contributed by atoms with Crippen molar-refractivity contribution in [3.05, 3.63) is 59.9 Å². The van der Waals surface area contributed by atoms with Gasteiger partial charge < -0.3 is 15.0 Å². The van der Waals surface area contributed by atoms with Gasteiger partial charge in [-0.05, 0) is 24.6 Å². The largest absolute Gasteiger partial charge is 0.394 e. The quantitative estimate of drug-likeness (QED) is 0.844. The number of nitrogens with one attached hydrogen (secondary N) is 1. The summed E-state index contributed by atoms with van der Waals surface area (Å²) in [5.74, 6) is 0. The number of aryl methyl sites for hydroxylation is 1. The summed E-state index contributed by atoms with van der Waals surface area (Å²) in [5.41, 5.74) is 1.89. The van der Waals surface area contributed by atoms with Gasteiger partial charge >= 0.3 is 0 Å². The number of nitrogens with zero attached hydrogens (tertiary/aromatic N) is 1. The van der Waals surface area contributed by atoms with Gasteiger partial charge in [0.05, 0.1) is 12.1 Å². The van der Waals surface area contributed by atoms with Crippen LogP contribution in [0.25, 0.3) is 0 Å². The first-order valence-electron chi connectivity index (χ1n) is 6.17. The lowest BCUT2D eigenvalue weighted by Crippen LogP contribution is -2.42. The maximum atomic E-state index is 9.67. The number of aliphatic hydroxyl groups is 1. The van der Waals surface area contributed by atoms with E-state index < -0.39 is 5.54 Å². The van der Waals surface area contributed by atoms with Crippen LogP contribution in [0.5, 0.6) is 0 Å². The summed E-state index contributed by atoms with van der Waals surface area (Å²) in [6.07, 6.45) is 2.02. The monoisotopic (exact) mass is 244 g/mol. The summed E-state index contributed by atoms with van der Waals surface area (Å²) in [5, 5.41) is 13.1. The highest BCUT2D eigenvalue weighted by molar-refractivity contribution is 5.24. The molecule has 1 heterocycles. The molecule has 0 aliphatic heterocycles. The molecule has 0 fully saturated rings. The highest BCUT2D eigenvalue weighted by atomic mass is 16.3. The SMILES string of the molecule is Cn1cccc1CNC(C)(CO)c1ccccc1. The second-order valence-corrected chi connectivity index (χ2v) is 4.82. The summed E-state index contributed by atoms with van der Waals surface area (Å²) in [4.78, 5) is 0. The predicted molar refractivity (Wildman–Crippen MR) is 73.1 cm³/mol. The van der Waals surface area contributed by atoms with Crippen LogP contribution in [0.4, 0.5) is 0 Å². The molecule has 0 aliphatic carbocycles. The van der Waals surface area contributed by atoms with Crippen molar-refractivity contribution in [3.8, 4) is 0 Å². The van der Waals surface area contributed by atoms with Crippen LogP contribution in [0.2, 0.25) is 0 Å². The molecule has 0 spiro atoms. The van der Waals surface area contributed by atoms with Crippen LogP contribution in [-0.2, 0) is 19.1 Å². The van der Waals surface area contributed by atoms with Crippen LogP contribution in [0.3, 0.4) is 0 Å². The summed E-state index contributed by atoms with van der Waals surface area (Å²) < 4.78 is 2.08. The summed E-state index contributed by atoms with van der Waals surface area (Å²) in [6.45, 7) is 2.82. The Kier molecular flexibility index (Phi) is 3.84. The van der Waals surface area contributed by atoms with Crippen molar-refractivity contribution < 1.29 is 5.11 Å². The lowest BCUT2D eigenvalue weighted by molar-refractivity contribution is 0.173. The summed E-state index contributed by atoms with van der Waals surface area (Å²) in [7, 11) is 2.02. The highest BCUT2D eigenvalue weighted by Crippen LogP contribution is 2.20. The molecule has 0 saturated heterocycles. The molecule has 0 bridgehead atoms. The van der Waals surface area contributed by atoms with E-state index in [-0.39, 0.29) is 6.61 Å². The number of aliphatic hydroxyl groups excluding tert-OH is 1. The van der Waals surface area contributed by atoms with Crippen LogP contribution >= 0.6 is 0 Å². The van der Waals surface area contributed by atoms with E-state index in [1.54, 1.807) is 0 Å². The van der Waals surface area contributed by atoms with Crippen LogP contribution in [0.15, 0.2) is 48.7 Å². The third kappa shape index (κ3) is 2.63. The van der Waals surface area contributed by atoms with Crippen molar-refractivity contribution in [2.75, 3.05) is 6.61 Å². The summed E-state index contributed by atoms with van der Waals surface area (Å²) >= 11 is 0. The molecule has 0 radical (unpaired) electrons. The van der Waals surface area contributed by atoms with Gasteiger partial charge in [0.2, 0.25) is 0 Å². The minimum Gasteiger partial charge on any atom is -0.394 e. The van der Waals surface area contributed by atoms with Gasteiger partial charge in [-0.25, -0.2) is 0 Å². The predicted octanol–water partition coefficient (Wildman–Crippen LogP) is 2.02. The van der Waals surface area contributed by atoms with Crippen molar-refractivity contribution in [1.29, 1.82) is 0 Å². The summed E-state index contributed by atoms with van der Waals surface area (Å²) in [6, 6.07) is 14.1. The smallest absolute Gasteiger partial charge is 0.0652 e. The molecule has 1 aromatic carbocycles. The number of hydrogen-bond donors (Lipinski definition) is 2. The van der Waals surface area contributed by atoms with Crippen LogP contribution in [0, 0.1) is 0 Å². The van der Waals surface area contributed by atoms with Gasteiger partial charge in [-0.15, -0.1) is 0 Å². The van der Waals surface area contributed by atoms with Gasteiger partial charge in [-0.3, -0.25) is 0 Å². The molecule has 2 rings (SSSR count).